The van der Waals surface area contributed by atoms with Crippen molar-refractivity contribution >= 4 is 22.5 Å². The maximum atomic E-state index is 6.22. The number of rotatable bonds is 2. The lowest BCUT2D eigenvalue weighted by Gasteiger charge is -2.10. The lowest BCUT2D eigenvalue weighted by atomic mass is 10.0. The van der Waals surface area contributed by atoms with Gasteiger partial charge in [0.25, 0.3) is 0 Å². The molecule has 0 saturated heterocycles. The molecule has 0 radical (unpaired) electrons. The van der Waals surface area contributed by atoms with Gasteiger partial charge >= 0.3 is 0 Å². The maximum absolute atomic E-state index is 6.22. The third kappa shape index (κ3) is 1.92. The Balaban J connectivity index is 2.73. The maximum Gasteiger partial charge on any atom is 0.133 e. The highest BCUT2D eigenvalue weighted by Gasteiger charge is 2.09. The van der Waals surface area contributed by atoms with Crippen molar-refractivity contribution in [3.63, 3.8) is 0 Å². The minimum atomic E-state index is 0.412. The number of pyridine rings is 1. The largest absolute Gasteiger partial charge is 0.236 e. The van der Waals surface area contributed by atoms with Crippen LogP contribution in [0.5, 0.6) is 0 Å². The van der Waals surface area contributed by atoms with E-state index in [-0.39, 0.29) is 0 Å². The van der Waals surface area contributed by atoms with Crippen molar-refractivity contribution in [2.75, 3.05) is 0 Å². The summed E-state index contributed by atoms with van der Waals surface area (Å²) in [6, 6.07) is 8.46. The van der Waals surface area contributed by atoms with Gasteiger partial charge < -0.3 is 0 Å². The predicted molar refractivity (Wildman–Crippen MR) is 70.2 cm³/mol. The molecule has 1 aromatic carbocycles. The molecular weight excluding hydrogens is 218 g/mol. The summed E-state index contributed by atoms with van der Waals surface area (Å²) in [5.41, 5.74) is 3.43. The standard InChI is InChI=1S/C14H16ClN/c1-4-10-6-5-7-11-8-12(9(2)3)14(15)16-13(10)11/h5-9H,4H2,1-3H3. The molecule has 0 aliphatic heterocycles. The molecule has 0 saturated carbocycles. The third-order valence-electron chi connectivity index (χ3n) is 2.91. The second-order valence-electron chi connectivity index (χ2n) is 4.37. The van der Waals surface area contributed by atoms with Crippen LogP contribution in [0.3, 0.4) is 0 Å². The summed E-state index contributed by atoms with van der Waals surface area (Å²) in [6.45, 7) is 6.41. The first-order chi connectivity index (χ1) is 7.63. The first-order valence-electron chi connectivity index (χ1n) is 5.71. The Morgan fingerprint density at radius 2 is 2.06 bits per heavy atom. The Kier molecular flexibility index (Phi) is 3.15. The second kappa shape index (κ2) is 4.42. The van der Waals surface area contributed by atoms with Gasteiger partial charge in [-0.2, -0.15) is 0 Å². The molecular formula is C14H16ClN. The van der Waals surface area contributed by atoms with Crippen molar-refractivity contribution < 1.29 is 0 Å². The average molecular weight is 234 g/mol. The fourth-order valence-electron chi connectivity index (χ4n) is 1.94. The topological polar surface area (TPSA) is 12.9 Å². The molecule has 1 nitrogen and oxygen atoms in total. The lowest BCUT2D eigenvalue weighted by Crippen LogP contribution is -1.95. The number of benzene rings is 1. The highest BCUT2D eigenvalue weighted by atomic mass is 35.5. The third-order valence-corrected chi connectivity index (χ3v) is 3.22. The zero-order chi connectivity index (χ0) is 11.7. The summed E-state index contributed by atoms with van der Waals surface area (Å²) in [4.78, 5) is 4.53. The summed E-state index contributed by atoms with van der Waals surface area (Å²) < 4.78 is 0. The van der Waals surface area contributed by atoms with E-state index in [4.69, 9.17) is 11.6 Å². The Morgan fingerprint density at radius 3 is 2.69 bits per heavy atom. The van der Waals surface area contributed by atoms with Gasteiger partial charge in [-0.05, 0) is 29.5 Å². The molecule has 0 aliphatic rings. The molecule has 0 atom stereocenters. The molecule has 16 heavy (non-hydrogen) atoms. The van der Waals surface area contributed by atoms with Gasteiger partial charge in [-0.1, -0.05) is 50.6 Å². The zero-order valence-corrected chi connectivity index (χ0v) is 10.7. The molecule has 2 aromatic rings. The van der Waals surface area contributed by atoms with Gasteiger partial charge in [-0.15, -0.1) is 0 Å². The molecule has 1 heterocycles. The van der Waals surface area contributed by atoms with Crippen molar-refractivity contribution in [3.05, 3.63) is 40.5 Å². The van der Waals surface area contributed by atoms with Crippen molar-refractivity contribution in [1.29, 1.82) is 0 Å². The minimum Gasteiger partial charge on any atom is -0.236 e. The van der Waals surface area contributed by atoms with Crippen molar-refractivity contribution in [2.45, 2.75) is 33.1 Å². The van der Waals surface area contributed by atoms with Crippen LogP contribution in [0, 0.1) is 0 Å². The summed E-state index contributed by atoms with van der Waals surface area (Å²) >= 11 is 6.22. The highest BCUT2D eigenvalue weighted by molar-refractivity contribution is 6.30. The van der Waals surface area contributed by atoms with Gasteiger partial charge in [0.2, 0.25) is 0 Å². The minimum absolute atomic E-state index is 0.412. The molecule has 0 aliphatic carbocycles. The number of hydrogen-bond donors (Lipinski definition) is 0. The van der Waals surface area contributed by atoms with Crippen molar-refractivity contribution in [2.24, 2.45) is 0 Å². The summed E-state index contributed by atoms with van der Waals surface area (Å²) in [5, 5.41) is 1.83. The van der Waals surface area contributed by atoms with Gasteiger partial charge in [-0.3, -0.25) is 0 Å². The Labute approximate surface area is 101 Å². The molecule has 2 rings (SSSR count). The summed E-state index contributed by atoms with van der Waals surface area (Å²) in [7, 11) is 0. The van der Waals surface area contributed by atoms with E-state index in [1.807, 2.05) is 0 Å². The number of nitrogens with zero attached hydrogens (tertiary/aromatic N) is 1. The van der Waals surface area contributed by atoms with Crippen LogP contribution in [-0.2, 0) is 6.42 Å². The van der Waals surface area contributed by atoms with E-state index >= 15 is 0 Å². The van der Waals surface area contributed by atoms with Crippen LogP contribution in [0.25, 0.3) is 10.9 Å². The van der Waals surface area contributed by atoms with Crippen LogP contribution in [0.1, 0.15) is 37.8 Å². The molecule has 0 N–H and O–H groups in total. The molecule has 0 fully saturated rings. The van der Waals surface area contributed by atoms with E-state index in [2.05, 4.69) is 50.0 Å². The number of aromatic nitrogens is 1. The number of fused-ring (bicyclic) bond motifs is 1. The zero-order valence-electron chi connectivity index (χ0n) is 9.92. The van der Waals surface area contributed by atoms with E-state index in [0.717, 1.165) is 17.5 Å². The van der Waals surface area contributed by atoms with Crippen LogP contribution < -0.4 is 0 Å². The number of para-hydroxylation sites is 1. The van der Waals surface area contributed by atoms with Gasteiger partial charge in [-0.25, -0.2) is 4.98 Å². The Morgan fingerprint density at radius 1 is 1.31 bits per heavy atom. The quantitative estimate of drug-likeness (QED) is 0.693. The molecule has 1 aromatic heterocycles. The Hall–Kier alpha value is -1.08. The summed E-state index contributed by atoms with van der Waals surface area (Å²) in [5.74, 6) is 0.412. The SMILES string of the molecule is CCc1cccc2cc(C(C)C)c(Cl)nc12. The molecule has 0 amide bonds. The van der Waals surface area contributed by atoms with Crippen molar-refractivity contribution in [3.8, 4) is 0 Å². The summed E-state index contributed by atoms with van der Waals surface area (Å²) in [6.07, 6.45) is 0.988. The van der Waals surface area contributed by atoms with E-state index in [9.17, 15) is 0 Å². The molecule has 0 bridgehead atoms. The number of aryl methyl sites for hydroxylation is 1. The van der Waals surface area contributed by atoms with Gasteiger partial charge in [0.1, 0.15) is 5.15 Å². The van der Waals surface area contributed by atoms with Crippen LogP contribution in [0.4, 0.5) is 0 Å². The fourth-order valence-corrected chi connectivity index (χ4v) is 2.30. The predicted octanol–water partition coefficient (Wildman–Crippen LogP) is 4.57. The number of hydrogen-bond acceptors (Lipinski definition) is 1. The van der Waals surface area contributed by atoms with Gasteiger partial charge in [0, 0.05) is 5.39 Å². The smallest absolute Gasteiger partial charge is 0.133 e. The van der Waals surface area contributed by atoms with Crippen LogP contribution in [0.15, 0.2) is 24.3 Å². The highest BCUT2D eigenvalue weighted by Crippen LogP contribution is 2.28. The van der Waals surface area contributed by atoms with Crippen LogP contribution in [-0.4, -0.2) is 4.98 Å². The lowest BCUT2D eigenvalue weighted by molar-refractivity contribution is 0.862. The molecule has 0 spiro atoms. The number of halogens is 1. The van der Waals surface area contributed by atoms with Crippen LogP contribution >= 0.6 is 11.6 Å². The van der Waals surface area contributed by atoms with Crippen molar-refractivity contribution in [1.82, 2.24) is 4.98 Å². The average Bonchev–Trinajstić information content (AvgIpc) is 2.27. The molecule has 84 valence electrons. The van der Waals surface area contributed by atoms with E-state index < -0.39 is 0 Å². The van der Waals surface area contributed by atoms with E-state index in [1.165, 1.54) is 10.9 Å². The normalized spacial score (nSPS) is 11.3. The van der Waals surface area contributed by atoms with E-state index in [0.29, 0.717) is 11.1 Å². The first kappa shape index (κ1) is 11.4. The van der Waals surface area contributed by atoms with E-state index in [1.54, 1.807) is 0 Å². The van der Waals surface area contributed by atoms with Crippen LogP contribution in [0.2, 0.25) is 5.15 Å². The molecule has 2 heteroatoms. The van der Waals surface area contributed by atoms with Gasteiger partial charge in [0.05, 0.1) is 5.52 Å². The molecule has 0 unspecified atom stereocenters. The van der Waals surface area contributed by atoms with Gasteiger partial charge in [0.15, 0.2) is 0 Å². The monoisotopic (exact) mass is 233 g/mol. The second-order valence-corrected chi connectivity index (χ2v) is 4.72. The fraction of sp³-hybridized carbons (Fsp3) is 0.357. The first-order valence-corrected chi connectivity index (χ1v) is 6.09. The Bertz CT molecular complexity index is 517.